The van der Waals surface area contributed by atoms with Crippen LogP contribution in [-0.2, 0) is 19.6 Å². The minimum atomic E-state index is -3.57. The van der Waals surface area contributed by atoms with E-state index in [0.29, 0.717) is 37.7 Å². The van der Waals surface area contributed by atoms with Crippen molar-refractivity contribution in [2.45, 2.75) is 4.90 Å². The van der Waals surface area contributed by atoms with Gasteiger partial charge in [0.15, 0.2) is 6.61 Å². The summed E-state index contributed by atoms with van der Waals surface area (Å²) in [5.41, 5.74) is 0.456. The maximum atomic E-state index is 12.8. The van der Waals surface area contributed by atoms with E-state index in [2.05, 4.69) is 5.32 Å². The van der Waals surface area contributed by atoms with E-state index in [1.807, 2.05) is 0 Å². The van der Waals surface area contributed by atoms with E-state index in [0.717, 1.165) is 0 Å². The van der Waals surface area contributed by atoms with Gasteiger partial charge in [0.2, 0.25) is 10.0 Å². The van der Waals surface area contributed by atoms with Gasteiger partial charge in [0.25, 0.3) is 5.91 Å². The molecule has 0 unspecified atom stereocenters. The van der Waals surface area contributed by atoms with Gasteiger partial charge in [-0.2, -0.15) is 4.31 Å². The molecule has 0 radical (unpaired) electrons. The molecule has 1 fully saturated rings. The summed E-state index contributed by atoms with van der Waals surface area (Å²) >= 11 is 0. The van der Waals surface area contributed by atoms with E-state index in [4.69, 9.17) is 9.47 Å². The van der Waals surface area contributed by atoms with Gasteiger partial charge in [-0.05, 0) is 48.5 Å². The van der Waals surface area contributed by atoms with Gasteiger partial charge in [-0.1, -0.05) is 0 Å². The van der Waals surface area contributed by atoms with Gasteiger partial charge in [-0.15, -0.1) is 0 Å². The molecule has 9 heteroatoms. The Labute approximate surface area is 156 Å². The predicted octanol–water partition coefficient (Wildman–Crippen LogP) is 1.86. The average Bonchev–Trinajstić information content (AvgIpc) is 2.69. The van der Waals surface area contributed by atoms with Crippen LogP contribution in [0.3, 0.4) is 0 Å². The molecule has 1 N–H and O–H groups in total. The highest BCUT2D eigenvalue weighted by molar-refractivity contribution is 7.89. The normalized spacial score (nSPS) is 15.3. The number of morpholine rings is 1. The molecule has 1 aliphatic rings. The summed E-state index contributed by atoms with van der Waals surface area (Å²) in [4.78, 5) is 12.0. The number of ether oxygens (including phenoxy) is 2. The lowest BCUT2D eigenvalue weighted by atomic mass is 10.3. The second-order valence-corrected chi connectivity index (χ2v) is 7.77. The zero-order valence-electron chi connectivity index (χ0n) is 14.4. The van der Waals surface area contributed by atoms with Crippen molar-refractivity contribution in [3.63, 3.8) is 0 Å². The zero-order valence-corrected chi connectivity index (χ0v) is 15.2. The number of hydrogen-bond acceptors (Lipinski definition) is 5. The maximum Gasteiger partial charge on any atom is 0.262 e. The van der Waals surface area contributed by atoms with E-state index in [1.54, 1.807) is 0 Å². The lowest BCUT2D eigenvalue weighted by molar-refractivity contribution is -0.118. The monoisotopic (exact) mass is 394 g/mol. The summed E-state index contributed by atoms with van der Waals surface area (Å²) in [6, 6.07) is 11.2. The van der Waals surface area contributed by atoms with Gasteiger partial charge in [-0.3, -0.25) is 4.79 Å². The summed E-state index contributed by atoms with van der Waals surface area (Å²) in [6.45, 7) is 1.15. The number of halogens is 1. The van der Waals surface area contributed by atoms with Crippen LogP contribution < -0.4 is 10.1 Å². The first kappa shape index (κ1) is 19.3. The number of amides is 1. The van der Waals surface area contributed by atoms with Crippen molar-refractivity contribution in [3.8, 4) is 5.75 Å². The number of sulfonamides is 1. The number of carbonyl (C=O) groups is 1. The van der Waals surface area contributed by atoms with Gasteiger partial charge in [0.1, 0.15) is 11.6 Å². The average molecular weight is 394 g/mol. The number of anilines is 1. The molecule has 3 rings (SSSR count). The van der Waals surface area contributed by atoms with Crippen LogP contribution in [0.4, 0.5) is 10.1 Å². The van der Waals surface area contributed by atoms with E-state index >= 15 is 0 Å². The standard InChI is InChI=1S/C18H19FN2O5S/c19-14-1-3-15(4-2-14)20-18(22)13-26-16-5-7-17(8-6-16)27(23,24)21-9-11-25-12-10-21/h1-8H,9-13H2,(H,20,22). The molecule has 0 aliphatic carbocycles. The first-order valence-electron chi connectivity index (χ1n) is 8.31. The van der Waals surface area contributed by atoms with Gasteiger partial charge in [-0.25, -0.2) is 12.8 Å². The molecule has 1 saturated heterocycles. The fourth-order valence-electron chi connectivity index (χ4n) is 2.52. The summed E-state index contributed by atoms with van der Waals surface area (Å²) in [5.74, 6) is -0.437. The molecule has 7 nitrogen and oxygen atoms in total. The van der Waals surface area contributed by atoms with Crippen molar-refractivity contribution in [3.05, 3.63) is 54.3 Å². The number of nitrogens with zero attached hydrogens (tertiary/aromatic N) is 1. The van der Waals surface area contributed by atoms with Crippen molar-refractivity contribution < 1.29 is 27.1 Å². The molecule has 0 spiro atoms. The lowest BCUT2D eigenvalue weighted by Gasteiger charge is -2.26. The Kier molecular flexibility index (Phi) is 6.04. The third kappa shape index (κ3) is 5.03. The summed E-state index contributed by atoms with van der Waals surface area (Å²) in [5, 5.41) is 2.57. The number of carbonyl (C=O) groups excluding carboxylic acids is 1. The van der Waals surface area contributed by atoms with Crippen molar-refractivity contribution >= 4 is 21.6 Å². The predicted molar refractivity (Wildman–Crippen MR) is 96.5 cm³/mol. The molecule has 1 heterocycles. The Morgan fingerprint density at radius 1 is 1.07 bits per heavy atom. The molecule has 2 aromatic carbocycles. The fraction of sp³-hybridized carbons (Fsp3) is 0.278. The molecule has 1 aliphatic heterocycles. The smallest absolute Gasteiger partial charge is 0.262 e. The van der Waals surface area contributed by atoms with Crippen LogP contribution in [0.5, 0.6) is 5.75 Å². The van der Waals surface area contributed by atoms with Gasteiger partial charge >= 0.3 is 0 Å². The van der Waals surface area contributed by atoms with Crippen LogP contribution in [-0.4, -0.2) is 51.5 Å². The molecule has 0 atom stereocenters. The number of benzene rings is 2. The highest BCUT2D eigenvalue weighted by Crippen LogP contribution is 2.20. The van der Waals surface area contributed by atoms with Gasteiger partial charge in [0, 0.05) is 18.8 Å². The first-order chi connectivity index (χ1) is 12.9. The maximum absolute atomic E-state index is 12.8. The summed E-state index contributed by atoms with van der Waals surface area (Å²) in [7, 11) is -3.57. The first-order valence-corrected chi connectivity index (χ1v) is 9.75. The Hall–Kier alpha value is -2.49. The van der Waals surface area contributed by atoms with E-state index in [-0.39, 0.29) is 11.5 Å². The summed E-state index contributed by atoms with van der Waals surface area (Å²) in [6.07, 6.45) is 0. The van der Waals surface area contributed by atoms with Crippen LogP contribution in [0.2, 0.25) is 0 Å². The minimum Gasteiger partial charge on any atom is -0.484 e. The number of hydrogen-bond donors (Lipinski definition) is 1. The molecular weight excluding hydrogens is 375 g/mol. The molecule has 27 heavy (non-hydrogen) atoms. The molecule has 2 aromatic rings. The third-order valence-electron chi connectivity index (χ3n) is 3.93. The SMILES string of the molecule is O=C(COc1ccc(S(=O)(=O)N2CCOCC2)cc1)Nc1ccc(F)cc1. The topological polar surface area (TPSA) is 84.9 Å². The van der Waals surface area contributed by atoms with E-state index in [9.17, 15) is 17.6 Å². The lowest BCUT2D eigenvalue weighted by Crippen LogP contribution is -2.40. The fourth-order valence-corrected chi connectivity index (χ4v) is 3.93. The van der Waals surface area contributed by atoms with E-state index in [1.165, 1.54) is 52.8 Å². The molecular formula is C18H19FN2O5S. The van der Waals surface area contributed by atoms with Gasteiger partial charge in [0.05, 0.1) is 18.1 Å². The molecule has 0 saturated carbocycles. The largest absolute Gasteiger partial charge is 0.484 e. The third-order valence-corrected chi connectivity index (χ3v) is 5.84. The highest BCUT2D eigenvalue weighted by atomic mass is 32.2. The number of nitrogens with one attached hydrogen (secondary N) is 1. The van der Waals surface area contributed by atoms with Crippen molar-refractivity contribution in [1.82, 2.24) is 4.31 Å². The molecule has 144 valence electrons. The highest BCUT2D eigenvalue weighted by Gasteiger charge is 2.26. The second kappa shape index (κ2) is 8.47. The van der Waals surface area contributed by atoms with Crippen molar-refractivity contribution in [2.75, 3.05) is 38.2 Å². The Morgan fingerprint density at radius 2 is 1.70 bits per heavy atom. The van der Waals surface area contributed by atoms with Crippen molar-refractivity contribution in [1.29, 1.82) is 0 Å². The Bertz CT molecular complexity index is 879. The Morgan fingerprint density at radius 3 is 2.33 bits per heavy atom. The van der Waals surface area contributed by atoms with Gasteiger partial charge < -0.3 is 14.8 Å². The van der Waals surface area contributed by atoms with Crippen LogP contribution >= 0.6 is 0 Å². The zero-order chi connectivity index (χ0) is 19.3. The van der Waals surface area contributed by atoms with Crippen LogP contribution in [0.1, 0.15) is 0 Å². The van der Waals surface area contributed by atoms with Crippen LogP contribution in [0.15, 0.2) is 53.4 Å². The van der Waals surface area contributed by atoms with Crippen LogP contribution in [0, 0.1) is 5.82 Å². The molecule has 0 bridgehead atoms. The molecule has 1 amide bonds. The molecule has 0 aromatic heterocycles. The van der Waals surface area contributed by atoms with Crippen molar-refractivity contribution in [2.24, 2.45) is 0 Å². The quantitative estimate of drug-likeness (QED) is 0.809. The second-order valence-electron chi connectivity index (χ2n) is 5.83. The van der Waals surface area contributed by atoms with Crippen LogP contribution in [0.25, 0.3) is 0 Å². The Balaban J connectivity index is 1.55. The summed E-state index contributed by atoms with van der Waals surface area (Å²) < 4.78 is 49.8. The minimum absolute atomic E-state index is 0.160. The van der Waals surface area contributed by atoms with E-state index < -0.39 is 21.7 Å². The number of rotatable bonds is 6.